The second-order valence-electron chi connectivity index (χ2n) is 8.82. The molecule has 0 saturated carbocycles. The molecule has 1 aromatic rings. The normalized spacial score (nSPS) is 27.2. The summed E-state index contributed by atoms with van der Waals surface area (Å²) >= 11 is 0. The zero-order valence-corrected chi connectivity index (χ0v) is 17.7. The van der Waals surface area contributed by atoms with Crippen LogP contribution in [0.5, 0.6) is 5.75 Å². The fourth-order valence-electron chi connectivity index (χ4n) is 5.14. The molecule has 1 aromatic carbocycles. The summed E-state index contributed by atoms with van der Waals surface area (Å²) in [5, 5.41) is 14.3. The van der Waals surface area contributed by atoms with Gasteiger partial charge in [0.2, 0.25) is 0 Å². The van der Waals surface area contributed by atoms with Crippen LogP contribution in [-0.4, -0.2) is 84.5 Å². The number of halogens is 2. The number of carbonyl (C=O) groups is 1. The SMILES string of the molecule is O=C(Nc1cc2c(cc1N1CC3C1CN3CC(F)F)OC(CO)C2)C1=C2N=CC=CN2NC1. The van der Waals surface area contributed by atoms with E-state index in [-0.39, 0.29) is 37.2 Å². The van der Waals surface area contributed by atoms with Gasteiger partial charge in [-0.2, -0.15) is 0 Å². The molecule has 0 spiro atoms. The minimum Gasteiger partial charge on any atom is -0.487 e. The van der Waals surface area contributed by atoms with E-state index in [1.54, 1.807) is 28.4 Å². The van der Waals surface area contributed by atoms with Crippen molar-refractivity contribution in [2.45, 2.75) is 31.0 Å². The van der Waals surface area contributed by atoms with Gasteiger partial charge in [-0.3, -0.25) is 14.7 Å². The van der Waals surface area contributed by atoms with Gasteiger partial charge in [0.25, 0.3) is 12.3 Å². The molecule has 11 heteroatoms. The van der Waals surface area contributed by atoms with Gasteiger partial charge in [-0.15, -0.1) is 0 Å². The van der Waals surface area contributed by atoms with Gasteiger partial charge in [0.1, 0.15) is 11.9 Å². The number of allylic oxidation sites excluding steroid dienone is 1. The Morgan fingerprint density at radius 2 is 2.21 bits per heavy atom. The number of aliphatic imine (C=N–C) groups is 1. The number of benzene rings is 1. The van der Waals surface area contributed by atoms with Gasteiger partial charge in [0.15, 0.2) is 5.82 Å². The topological polar surface area (TPSA) is 92.7 Å². The van der Waals surface area contributed by atoms with E-state index in [4.69, 9.17) is 4.74 Å². The minimum atomic E-state index is -2.34. The number of likely N-dealkylation sites (tertiary alicyclic amines) is 1. The number of anilines is 2. The summed E-state index contributed by atoms with van der Waals surface area (Å²) in [5.74, 6) is 0.996. The zero-order valence-electron chi connectivity index (χ0n) is 17.7. The second-order valence-corrected chi connectivity index (χ2v) is 8.82. The van der Waals surface area contributed by atoms with E-state index < -0.39 is 6.43 Å². The molecule has 5 aliphatic rings. The van der Waals surface area contributed by atoms with Crippen LogP contribution in [0.1, 0.15) is 5.56 Å². The molecule has 3 atom stereocenters. The Labute approximate surface area is 189 Å². The Morgan fingerprint density at radius 1 is 1.33 bits per heavy atom. The molecule has 2 fully saturated rings. The van der Waals surface area contributed by atoms with Gasteiger partial charge in [0, 0.05) is 56.1 Å². The van der Waals surface area contributed by atoms with Gasteiger partial charge in [-0.1, -0.05) is 0 Å². The van der Waals surface area contributed by atoms with Crippen molar-refractivity contribution in [3.63, 3.8) is 0 Å². The summed E-state index contributed by atoms with van der Waals surface area (Å²) in [6, 6.07) is 4.02. The van der Waals surface area contributed by atoms with Crippen LogP contribution in [-0.2, 0) is 11.2 Å². The summed E-state index contributed by atoms with van der Waals surface area (Å²) in [4.78, 5) is 21.4. The molecule has 1 amide bonds. The van der Waals surface area contributed by atoms with Crippen molar-refractivity contribution in [1.29, 1.82) is 0 Å². The van der Waals surface area contributed by atoms with Crippen molar-refractivity contribution in [1.82, 2.24) is 15.3 Å². The predicted molar refractivity (Wildman–Crippen MR) is 117 cm³/mol. The number of nitrogens with one attached hydrogen (secondary N) is 2. The number of hydrogen-bond acceptors (Lipinski definition) is 8. The summed E-state index contributed by atoms with van der Waals surface area (Å²) in [6.45, 7) is 1.23. The zero-order chi connectivity index (χ0) is 22.7. The highest BCUT2D eigenvalue weighted by atomic mass is 19.3. The minimum absolute atomic E-state index is 0.0913. The number of nitrogens with zero attached hydrogens (tertiary/aromatic N) is 4. The first kappa shape index (κ1) is 20.6. The Hall–Kier alpha value is -3.02. The lowest BCUT2D eigenvalue weighted by Crippen LogP contribution is -2.79. The molecule has 5 heterocycles. The summed E-state index contributed by atoms with van der Waals surface area (Å²) in [6.07, 6.45) is 3.13. The molecule has 2 saturated heterocycles. The van der Waals surface area contributed by atoms with Crippen LogP contribution >= 0.6 is 0 Å². The Bertz CT molecular complexity index is 1090. The van der Waals surface area contributed by atoms with E-state index in [9.17, 15) is 18.7 Å². The third-order valence-electron chi connectivity index (χ3n) is 6.89. The molecule has 0 radical (unpaired) electrons. The van der Waals surface area contributed by atoms with E-state index in [2.05, 4.69) is 20.6 Å². The van der Waals surface area contributed by atoms with Crippen LogP contribution in [0.25, 0.3) is 0 Å². The van der Waals surface area contributed by atoms with Crippen LogP contribution < -0.4 is 20.4 Å². The monoisotopic (exact) mass is 458 g/mol. The Morgan fingerprint density at radius 3 is 2.97 bits per heavy atom. The molecular weight excluding hydrogens is 434 g/mol. The molecule has 3 N–H and O–H groups in total. The van der Waals surface area contributed by atoms with Crippen molar-refractivity contribution in [2.75, 3.05) is 43.0 Å². The van der Waals surface area contributed by atoms with Gasteiger partial charge >= 0.3 is 0 Å². The number of ether oxygens (including phenoxy) is 1. The molecule has 6 rings (SSSR count). The van der Waals surface area contributed by atoms with E-state index in [1.807, 2.05) is 12.1 Å². The quantitative estimate of drug-likeness (QED) is 0.578. The lowest BCUT2D eigenvalue weighted by Gasteiger charge is -2.63. The summed E-state index contributed by atoms with van der Waals surface area (Å²) < 4.78 is 31.4. The van der Waals surface area contributed by atoms with Crippen LogP contribution in [0, 0.1) is 0 Å². The number of fused-ring (bicyclic) bond motifs is 3. The van der Waals surface area contributed by atoms with Gasteiger partial charge < -0.3 is 20.1 Å². The number of aliphatic hydroxyl groups excluding tert-OH is 1. The maximum atomic E-state index is 13.2. The predicted octanol–water partition coefficient (Wildman–Crippen LogP) is 0.689. The number of rotatable bonds is 6. The van der Waals surface area contributed by atoms with Crippen molar-refractivity contribution < 1.29 is 23.4 Å². The van der Waals surface area contributed by atoms with Crippen molar-refractivity contribution in [2.24, 2.45) is 4.99 Å². The maximum Gasteiger partial charge on any atom is 0.256 e. The maximum absolute atomic E-state index is 13.2. The number of piperazine rings is 1. The van der Waals surface area contributed by atoms with Crippen LogP contribution in [0.3, 0.4) is 0 Å². The smallest absolute Gasteiger partial charge is 0.256 e. The first-order valence-corrected chi connectivity index (χ1v) is 11.0. The third kappa shape index (κ3) is 3.38. The molecule has 9 nitrogen and oxygen atoms in total. The highest BCUT2D eigenvalue weighted by Crippen LogP contribution is 2.45. The highest BCUT2D eigenvalue weighted by molar-refractivity contribution is 6.07. The fraction of sp³-hybridized carbons (Fsp3) is 0.455. The van der Waals surface area contributed by atoms with E-state index in [0.717, 1.165) is 11.3 Å². The molecule has 0 aromatic heterocycles. The van der Waals surface area contributed by atoms with Crippen LogP contribution in [0.15, 0.2) is 40.8 Å². The molecule has 3 unspecified atom stereocenters. The molecule has 174 valence electrons. The number of hydrazine groups is 1. The van der Waals surface area contributed by atoms with E-state index >= 15 is 0 Å². The molecule has 5 aliphatic heterocycles. The van der Waals surface area contributed by atoms with Crippen molar-refractivity contribution >= 4 is 23.5 Å². The highest BCUT2D eigenvalue weighted by Gasteiger charge is 2.52. The lowest BCUT2D eigenvalue weighted by molar-refractivity contribution is -0.112. The average Bonchev–Trinajstić information content (AvgIpc) is 3.40. The van der Waals surface area contributed by atoms with Gasteiger partial charge in [-0.25, -0.2) is 19.2 Å². The van der Waals surface area contributed by atoms with Gasteiger partial charge in [-0.05, 0) is 12.1 Å². The van der Waals surface area contributed by atoms with Crippen LogP contribution in [0.4, 0.5) is 20.2 Å². The van der Waals surface area contributed by atoms with Crippen molar-refractivity contribution in [3.8, 4) is 5.75 Å². The van der Waals surface area contributed by atoms with Crippen molar-refractivity contribution in [3.05, 3.63) is 41.4 Å². The van der Waals surface area contributed by atoms with Crippen LogP contribution in [0.2, 0.25) is 0 Å². The van der Waals surface area contributed by atoms with Gasteiger partial charge in [0.05, 0.1) is 36.1 Å². The first-order chi connectivity index (χ1) is 16.0. The molecule has 33 heavy (non-hydrogen) atoms. The summed E-state index contributed by atoms with van der Waals surface area (Å²) in [5.41, 5.74) is 6.00. The number of carbonyl (C=O) groups excluding carboxylic acids is 1. The largest absolute Gasteiger partial charge is 0.487 e. The molecule has 0 bridgehead atoms. The molecular formula is C22H24F2N6O3. The first-order valence-electron chi connectivity index (χ1n) is 11.0. The standard InChI is InChI=1S/C22H24F2N6O3/c23-20(24)10-28-8-18-17(28)9-29(18)16-6-19-12(4-13(11-31)33-19)5-15(16)27-22(32)14-7-26-30-3-1-2-25-21(14)30/h1-3,5-6,13,17-18,20,26,31H,4,7-11H2,(H,27,32). The average molecular weight is 458 g/mol. The number of alkyl halides is 2. The number of amides is 1. The number of hydrogen-bond donors (Lipinski definition) is 3. The third-order valence-corrected chi connectivity index (χ3v) is 6.89. The fourth-order valence-corrected chi connectivity index (χ4v) is 5.14. The van der Waals surface area contributed by atoms with E-state index in [1.165, 1.54) is 0 Å². The second kappa shape index (κ2) is 7.79. The molecule has 0 aliphatic carbocycles. The Kier molecular flexibility index (Phi) is 4.86. The Balaban J connectivity index is 1.27. The summed E-state index contributed by atoms with van der Waals surface area (Å²) in [7, 11) is 0. The number of aliphatic hydroxyl groups is 1. The lowest BCUT2D eigenvalue weighted by atomic mass is 9.84. The van der Waals surface area contributed by atoms with E-state index in [0.29, 0.717) is 48.9 Å².